The van der Waals surface area contributed by atoms with Crippen molar-refractivity contribution in [1.82, 2.24) is 19.6 Å². The number of hydrogen-bond donors (Lipinski definition) is 3. The molecular formula is C28H26Cl2N4O6S. The summed E-state index contributed by atoms with van der Waals surface area (Å²) in [6.45, 7) is 3.52. The van der Waals surface area contributed by atoms with Crippen molar-refractivity contribution in [2.45, 2.75) is 36.8 Å². The van der Waals surface area contributed by atoms with Crippen molar-refractivity contribution in [1.29, 1.82) is 0 Å². The molecule has 1 amide bonds. The number of H-pyrrole nitrogens is 1. The normalized spacial score (nSPS) is 16.7. The van der Waals surface area contributed by atoms with Crippen LogP contribution in [0.2, 0.25) is 10.0 Å². The highest BCUT2D eigenvalue weighted by atomic mass is 35.5. The molecule has 41 heavy (non-hydrogen) atoms. The molecule has 0 bridgehead atoms. The van der Waals surface area contributed by atoms with E-state index in [0.717, 1.165) is 4.31 Å². The lowest BCUT2D eigenvalue weighted by atomic mass is 9.81. The van der Waals surface area contributed by atoms with Gasteiger partial charge >= 0.3 is 0 Å². The Balaban J connectivity index is 1.50. The highest BCUT2D eigenvalue weighted by molar-refractivity contribution is 7.89. The summed E-state index contributed by atoms with van der Waals surface area (Å²) in [7, 11) is -4.34. The number of nitrogens with one attached hydrogen (secondary N) is 2. The number of ether oxygens (including phenoxy) is 1. The number of para-hydroxylation sites is 1. The van der Waals surface area contributed by atoms with E-state index >= 15 is 0 Å². The van der Waals surface area contributed by atoms with E-state index in [-0.39, 0.29) is 23.6 Å². The van der Waals surface area contributed by atoms with Gasteiger partial charge in [0.2, 0.25) is 10.0 Å². The van der Waals surface area contributed by atoms with Crippen LogP contribution in [0.25, 0.3) is 5.69 Å². The number of halogens is 2. The minimum atomic E-state index is -4.34. The van der Waals surface area contributed by atoms with Gasteiger partial charge in [-0.05, 0) is 48.5 Å². The first kappa shape index (κ1) is 28.9. The lowest BCUT2D eigenvalue weighted by molar-refractivity contribution is -0.134. The maximum Gasteiger partial charge on any atom is 0.276 e. The van der Waals surface area contributed by atoms with Gasteiger partial charge in [-0.3, -0.25) is 19.9 Å². The standard InChI is InChI=1S/C28H26Cl2N4O6S/c1-28(2)16-33(24(26(35)32-37)23-25(28)31-34(27(23)36)19-6-4-3-5-7-19)41(38,39)21-12-10-20(11-13-21)40-15-17-8-9-18(29)14-22(17)30/h3-14,24,31,37H,15-16H2,1-2H3,(H,32,35). The lowest BCUT2D eigenvalue weighted by Crippen LogP contribution is -2.53. The summed E-state index contributed by atoms with van der Waals surface area (Å²) in [5.74, 6) is -0.668. The number of sulfonamides is 1. The molecule has 0 aliphatic carbocycles. The Morgan fingerprint density at radius 3 is 2.41 bits per heavy atom. The average Bonchev–Trinajstić information content (AvgIpc) is 3.30. The molecule has 1 unspecified atom stereocenters. The second kappa shape index (κ2) is 11.0. The molecule has 1 aromatic heterocycles. The van der Waals surface area contributed by atoms with E-state index in [0.29, 0.717) is 32.7 Å². The van der Waals surface area contributed by atoms with E-state index in [1.807, 2.05) is 0 Å². The van der Waals surface area contributed by atoms with Gasteiger partial charge < -0.3 is 4.74 Å². The Hall–Kier alpha value is -3.61. The number of benzene rings is 3. The number of nitrogens with zero attached hydrogens (tertiary/aromatic N) is 2. The van der Waals surface area contributed by atoms with Crippen molar-refractivity contribution < 1.29 is 23.2 Å². The lowest BCUT2D eigenvalue weighted by Gasteiger charge is -2.40. The van der Waals surface area contributed by atoms with E-state index in [4.69, 9.17) is 27.9 Å². The van der Waals surface area contributed by atoms with Gasteiger partial charge in [-0.1, -0.05) is 61.3 Å². The minimum Gasteiger partial charge on any atom is -0.489 e. The Kier molecular flexibility index (Phi) is 7.75. The van der Waals surface area contributed by atoms with Crippen molar-refractivity contribution in [3.8, 4) is 11.4 Å². The van der Waals surface area contributed by atoms with Crippen molar-refractivity contribution in [2.75, 3.05) is 6.54 Å². The van der Waals surface area contributed by atoms with Gasteiger partial charge in [-0.15, -0.1) is 0 Å². The van der Waals surface area contributed by atoms with Crippen molar-refractivity contribution in [3.05, 3.63) is 110 Å². The second-order valence-corrected chi connectivity index (χ2v) is 12.9. The molecule has 10 nitrogen and oxygen atoms in total. The van der Waals surface area contributed by atoms with Crippen LogP contribution in [-0.4, -0.2) is 40.2 Å². The fourth-order valence-corrected chi connectivity index (χ4v) is 7.06. The van der Waals surface area contributed by atoms with Crippen LogP contribution in [-0.2, 0) is 26.8 Å². The molecule has 214 valence electrons. The van der Waals surface area contributed by atoms with Crippen LogP contribution < -0.4 is 15.8 Å². The predicted octanol–water partition coefficient (Wildman–Crippen LogP) is 4.58. The van der Waals surface area contributed by atoms with Crippen LogP contribution in [0.5, 0.6) is 5.75 Å². The van der Waals surface area contributed by atoms with E-state index in [9.17, 15) is 23.2 Å². The first-order valence-corrected chi connectivity index (χ1v) is 14.7. The van der Waals surface area contributed by atoms with Gasteiger partial charge in [0, 0.05) is 27.6 Å². The Morgan fingerprint density at radius 1 is 1.10 bits per heavy atom. The number of carbonyl (C=O) groups excluding carboxylic acids is 1. The predicted molar refractivity (Wildman–Crippen MR) is 153 cm³/mol. The van der Waals surface area contributed by atoms with E-state index in [2.05, 4.69) is 5.10 Å². The Morgan fingerprint density at radius 2 is 1.78 bits per heavy atom. The topological polar surface area (TPSA) is 134 Å². The van der Waals surface area contributed by atoms with Gasteiger partial charge in [0.1, 0.15) is 18.4 Å². The minimum absolute atomic E-state index is 0.0694. The molecule has 1 atom stereocenters. The smallest absolute Gasteiger partial charge is 0.276 e. The number of aromatic nitrogens is 2. The van der Waals surface area contributed by atoms with Gasteiger partial charge in [0.15, 0.2) is 0 Å². The fourth-order valence-electron chi connectivity index (χ4n) is 4.87. The first-order valence-electron chi connectivity index (χ1n) is 12.5. The van der Waals surface area contributed by atoms with E-state index < -0.39 is 32.9 Å². The first-order chi connectivity index (χ1) is 19.4. The molecule has 0 saturated heterocycles. The molecule has 0 spiro atoms. The maximum atomic E-state index is 13.9. The van der Waals surface area contributed by atoms with Crippen LogP contribution >= 0.6 is 23.2 Å². The van der Waals surface area contributed by atoms with Crippen LogP contribution in [0.15, 0.2) is 82.5 Å². The zero-order valence-electron chi connectivity index (χ0n) is 22.0. The molecule has 3 aromatic carbocycles. The third-order valence-electron chi connectivity index (χ3n) is 6.93. The van der Waals surface area contributed by atoms with Crippen molar-refractivity contribution >= 4 is 39.1 Å². The number of carbonyl (C=O) groups is 1. The summed E-state index contributed by atoms with van der Waals surface area (Å²) in [4.78, 5) is 26.5. The fraction of sp³-hybridized carbons (Fsp3) is 0.214. The van der Waals surface area contributed by atoms with Crippen LogP contribution in [0.4, 0.5) is 0 Å². The molecule has 4 aromatic rings. The zero-order chi connectivity index (χ0) is 29.5. The number of aromatic amines is 1. The van der Waals surface area contributed by atoms with Crippen molar-refractivity contribution in [2.24, 2.45) is 0 Å². The molecule has 1 aliphatic heterocycles. The SMILES string of the molecule is CC1(C)CN(S(=O)(=O)c2ccc(OCc3ccc(Cl)cc3Cl)cc2)C(C(=O)NO)c2c1[nH]n(-c1ccccc1)c2=O. The summed E-state index contributed by atoms with van der Waals surface area (Å²) < 4.78 is 35.9. The summed E-state index contributed by atoms with van der Waals surface area (Å²) in [6.07, 6.45) is 0. The van der Waals surface area contributed by atoms with Crippen molar-refractivity contribution in [3.63, 3.8) is 0 Å². The van der Waals surface area contributed by atoms with Crippen LogP contribution in [0.1, 0.15) is 36.7 Å². The highest BCUT2D eigenvalue weighted by Gasteiger charge is 2.50. The third kappa shape index (κ3) is 5.39. The molecule has 5 rings (SSSR count). The molecule has 1 aliphatic rings. The molecule has 0 saturated carbocycles. The van der Waals surface area contributed by atoms with E-state index in [1.54, 1.807) is 62.4 Å². The summed E-state index contributed by atoms with van der Waals surface area (Å²) in [5, 5.41) is 13.6. The zero-order valence-corrected chi connectivity index (χ0v) is 24.3. The maximum absolute atomic E-state index is 13.9. The number of hydroxylamine groups is 1. The quantitative estimate of drug-likeness (QED) is 0.205. The van der Waals surface area contributed by atoms with E-state index in [1.165, 1.54) is 34.4 Å². The average molecular weight is 618 g/mol. The molecule has 2 heterocycles. The van der Waals surface area contributed by atoms with Crippen LogP contribution in [0.3, 0.4) is 0 Å². The van der Waals surface area contributed by atoms with Crippen LogP contribution in [0, 0.1) is 0 Å². The summed E-state index contributed by atoms with van der Waals surface area (Å²) in [6, 6.07) is 17.8. The number of fused-ring (bicyclic) bond motifs is 1. The molecule has 13 heteroatoms. The largest absolute Gasteiger partial charge is 0.489 e. The number of hydrogen-bond acceptors (Lipinski definition) is 6. The monoisotopic (exact) mass is 616 g/mol. The molecule has 0 fully saturated rings. The van der Waals surface area contributed by atoms with Gasteiger partial charge in [0.25, 0.3) is 11.5 Å². The van der Waals surface area contributed by atoms with Gasteiger partial charge in [-0.2, -0.15) is 4.31 Å². The Labute approximate surface area is 246 Å². The highest BCUT2D eigenvalue weighted by Crippen LogP contribution is 2.41. The number of rotatable bonds is 7. The summed E-state index contributed by atoms with van der Waals surface area (Å²) >= 11 is 12.1. The van der Waals surface area contributed by atoms with Gasteiger partial charge in [0.05, 0.1) is 21.8 Å². The summed E-state index contributed by atoms with van der Waals surface area (Å²) in [5.41, 5.74) is 1.58. The third-order valence-corrected chi connectivity index (χ3v) is 9.34. The Bertz CT molecular complexity index is 1770. The van der Waals surface area contributed by atoms with Gasteiger partial charge in [-0.25, -0.2) is 18.6 Å². The second-order valence-electron chi connectivity index (χ2n) is 10.2. The molecule has 0 radical (unpaired) electrons. The molecule has 3 N–H and O–H groups in total. The molecular weight excluding hydrogens is 591 g/mol. The number of amides is 1.